The van der Waals surface area contributed by atoms with Gasteiger partial charge in [0.25, 0.3) is 5.56 Å². The molecule has 0 aliphatic heterocycles. The number of nitrogens with one attached hydrogen (secondary N) is 1. The molecule has 0 spiro atoms. The fourth-order valence-electron chi connectivity index (χ4n) is 4.12. The smallest absolute Gasteiger partial charge is 0.267 e. The highest BCUT2D eigenvalue weighted by molar-refractivity contribution is 6.35. The summed E-state index contributed by atoms with van der Waals surface area (Å²) < 4.78 is 16.1. The van der Waals surface area contributed by atoms with Gasteiger partial charge in [0, 0.05) is 12.2 Å². The van der Waals surface area contributed by atoms with Crippen LogP contribution >= 0.6 is 11.6 Å². The van der Waals surface area contributed by atoms with Crippen molar-refractivity contribution in [3.8, 4) is 11.8 Å². The number of hydrogen-bond donors (Lipinski definition) is 3. The second kappa shape index (κ2) is 8.11. The van der Waals surface area contributed by atoms with Gasteiger partial charge in [-0.05, 0) is 30.7 Å². The number of nitriles is 1. The van der Waals surface area contributed by atoms with Crippen molar-refractivity contribution in [2.24, 2.45) is 11.5 Å². The number of fused-ring (bicyclic) bond motifs is 1. The summed E-state index contributed by atoms with van der Waals surface area (Å²) in [4.78, 5) is 30.2. The van der Waals surface area contributed by atoms with Gasteiger partial charge in [-0.1, -0.05) is 11.6 Å². The molecule has 1 aliphatic rings. The van der Waals surface area contributed by atoms with Gasteiger partial charge in [0.1, 0.15) is 40.9 Å². The van der Waals surface area contributed by atoms with Gasteiger partial charge in [0.05, 0.1) is 40.1 Å². The van der Waals surface area contributed by atoms with Crippen molar-refractivity contribution in [2.45, 2.75) is 24.0 Å². The van der Waals surface area contributed by atoms with Crippen molar-refractivity contribution in [3.05, 3.63) is 81.8 Å². The van der Waals surface area contributed by atoms with E-state index in [-0.39, 0.29) is 33.1 Å². The van der Waals surface area contributed by atoms with E-state index in [1.165, 1.54) is 29.4 Å². The summed E-state index contributed by atoms with van der Waals surface area (Å²) in [6.07, 6.45) is 5.06. The molecule has 5 N–H and O–H groups in total. The third kappa shape index (κ3) is 3.28. The zero-order valence-electron chi connectivity index (χ0n) is 17.5. The van der Waals surface area contributed by atoms with E-state index in [1.54, 1.807) is 18.3 Å². The van der Waals surface area contributed by atoms with E-state index in [1.807, 2.05) is 6.07 Å². The monoisotopic (exact) mass is 477 g/mol. The van der Waals surface area contributed by atoms with Crippen LogP contribution in [0.2, 0.25) is 5.02 Å². The summed E-state index contributed by atoms with van der Waals surface area (Å²) >= 11 is 6.27. The van der Waals surface area contributed by atoms with Crippen LogP contribution < -0.4 is 22.3 Å². The molecule has 10 nitrogen and oxygen atoms in total. The van der Waals surface area contributed by atoms with Crippen LogP contribution in [0.3, 0.4) is 0 Å². The Labute approximate surface area is 197 Å². The molecule has 170 valence electrons. The Morgan fingerprint density at radius 1 is 1.32 bits per heavy atom. The van der Waals surface area contributed by atoms with Gasteiger partial charge in [-0.3, -0.25) is 14.3 Å². The fraction of sp³-hybridized carbons (Fsp3) is 0.182. The molecule has 1 saturated carbocycles. The first-order valence-electron chi connectivity index (χ1n) is 10.2. The highest BCUT2D eigenvalue weighted by atomic mass is 35.5. The number of benzene rings is 1. The first-order chi connectivity index (χ1) is 16.4. The van der Waals surface area contributed by atoms with Crippen molar-refractivity contribution >= 4 is 28.3 Å². The fourth-order valence-corrected chi connectivity index (χ4v) is 4.35. The lowest BCUT2D eigenvalue weighted by Crippen LogP contribution is -2.48. The molecule has 4 aromatic rings. The average Bonchev–Trinajstić information content (AvgIpc) is 3.54. The molecular formula is C22H17ClFN9O. The Balaban J connectivity index is 1.76. The zero-order valence-corrected chi connectivity index (χ0v) is 18.2. The van der Waals surface area contributed by atoms with Gasteiger partial charge in [-0.15, -0.1) is 0 Å². The van der Waals surface area contributed by atoms with Gasteiger partial charge in [0.2, 0.25) is 0 Å². The topological polar surface area (TPSA) is 161 Å². The van der Waals surface area contributed by atoms with Crippen molar-refractivity contribution in [3.63, 3.8) is 0 Å². The lowest BCUT2D eigenvalue weighted by molar-refractivity contribution is 0.502. The molecule has 1 aromatic carbocycles. The standard InChI is InChI=1S/C22H17ClFN9O/c23-13-3-4-14(24)17-16(13)19(34)33(12-2-1-5-28-9-12)21(31-17)22(6-15(22)26)20(27)32-18-11(7-25)8-29-10-30-18/h1-5,8-10,15,20H,6,26-27H2,(H,29,30,32)/t15-,20-,22-/m0/s1. The number of nitrogens with zero attached hydrogens (tertiary/aromatic N) is 6. The quantitative estimate of drug-likeness (QED) is 0.362. The van der Waals surface area contributed by atoms with E-state index >= 15 is 0 Å². The number of hydrogen-bond acceptors (Lipinski definition) is 9. The molecule has 3 aromatic heterocycles. The van der Waals surface area contributed by atoms with E-state index in [0.717, 1.165) is 6.07 Å². The molecule has 0 unspecified atom stereocenters. The summed E-state index contributed by atoms with van der Waals surface area (Å²) in [5.41, 5.74) is 11.6. The molecule has 0 saturated heterocycles. The number of pyridine rings is 1. The molecule has 3 heterocycles. The van der Waals surface area contributed by atoms with Crippen LogP contribution in [0.5, 0.6) is 0 Å². The molecule has 5 rings (SSSR count). The van der Waals surface area contributed by atoms with Gasteiger partial charge in [0.15, 0.2) is 0 Å². The summed E-state index contributed by atoms with van der Waals surface area (Å²) in [7, 11) is 0. The Morgan fingerprint density at radius 3 is 2.79 bits per heavy atom. The molecule has 0 radical (unpaired) electrons. The Kier molecular flexibility index (Phi) is 5.21. The van der Waals surface area contributed by atoms with E-state index in [4.69, 9.17) is 23.1 Å². The molecule has 1 fully saturated rings. The largest absolute Gasteiger partial charge is 0.353 e. The van der Waals surface area contributed by atoms with Crippen LogP contribution in [0.25, 0.3) is 16.6 Å². The van der Waals surface area contributed by atoms with Crippen LogP contribution in [0.1, 0.15) is 17.8 Å². The second-order valence-electron chi connectivity index (χ2n) is 7.91. The second-order valence-corrected chi connectivity index (χ2v) is 8.32. The van der Waals surface area contributed by atoms with E-state index in [9.17, 15) is 14.4 Å². The maximum absolute atomic E-state index is 14.8. The van der Waals surface area contributed by atoms with E-state index in [0.29, 0.717) is 12.1 Å². The lowest BCUT2D eigenvalue weighted by Gasteiger charge is -2.28. The van der Waals surface area contributed by atoms with Crippen LogP contribution in [-0.4, -0.2) is 36.7 Å². The Hall–Kier alpha value is -3.98. The van der Waals surface area contributed by atoms with Crippen molar-refractivity contribution in [1.82, 2.24) is 24.5 Å². The first-order valence-corrected chi connectivity index (χ1v) is 10.6. The van der Waals surface area contributed by atoms with Gasteiger partial charge in [-0.2, -0.15) is 5.26 Å². The summed E-state index contributed by atoms with van der Waals surface area (Å²) in [5.74, 6) is -0.349. The Bertz CT molecular complexity index is 1520. The van der Waals surface area contributed by atoms with Gasteiger partial charge < -0.3 is 16.8 Å². The van der Waals surface area contributed by atoms with Crippen LogP contribution in [0.4, 0.5) is 10.2 Å². The van der Waals surface area contributed by atoms with Crippen molar-refractivity contribution in [2.75, 3.05) is 5.32 Å². The minimum absolute atomic E-state index is 0.0642. The summed E-state index contributed by atoms with van der Waals surface area (Å²) in [6, 6.07) is 7.24. The van der Waals surface area contributed by atoms with Crippen molar-refractivity contribution in [1.29, 1.82) is 5.26 Å². The molecule has 34 heavy (non-hydrogen) atoms. The summed E-state index contributed by atoms with van der Waals surface area (Å²) in [6.45, 7) is 0. The van der Waals surface area contributed by atoms with Gasteiger partial charge >= 0.3 is 0 Å². The number of aromatic nitrogens is 5. The highest BCUT2D eigenvalue weighted by Crippen LogP contribution is 2.49. The zero-order chi connectivity index (χ0) is 24.0. The SMILES string of the molecule is N#Cc1cncnc1N[C@H](N)[C@]1(c2nc3c(F)ccc(Cl)c3c(=O)n2-c2cccnc2)C[C@@H]1N. The first kappa shape index (κ1) is 21.8. The molecule has 0 bridgehead atoms. The molecule has 12 heteroatoms. The molecule has 1 aliphatic carbocycles. The molecule has 3 atom stereocenters. The van der Waals surface area contributed by atoms with E-state index < -0.39 is 29.0 Å². The maximum Gasteiger partial charge on any atom is 0.267 e. The van der Waals surface area contributed by atoms with Gasteiger partial charge in [-0.25, -0.2) is 19.3 Å². The Morgan fingerprint density at radius 2 is 2.12 bits per heavy atom. The number of nitrogens with two attached hydrogens (primary N) is 2. The van der Waals surface area contributed by atoms with Crippen molar-refractivity contribution < 1.29 is 4.39 Å². The van der Waals surface area contributed by atoms with Crippen LogP contribution in [0.15, 0.2) is 54.0 Å². The van der Waals surface area contributed by atoms with Crippen LogP contribution in [-0.2, 0) is 5.41 Å². The normalized spacial score (nSPS) is 20.0. The predicted molar refractivity (Wildman–Crippen MR) is 123 cm³/mol. The van der Waals surface area contributed by atoms with E-state index in [2.05, 4.69) is 25.3 Å². The minimum Gasteiger partial charge on any atom is -0.353 e. The maximum atomic E-state index is 14.8. The number of rotatable bonds is 5. The number of halogens is 2. The molecular weight excluding hydrogens is 461 g/mol. The third-order valence-electron chi connectivity index (χ3n) is 5.98. The average molecular weight is 478 g/mol. The number of anilines is 1. The molecule has 0 amide bonds. The third-order valence-corrected chi connectivity index (χ3v) is 6.30. The lowest BCUT2D eigenvalue weighted by atomic mass is 9.99. The summed E-state index contributed by atoms with van der Waals surface area (Å²) in [5, 5.41) is 12.4. The van der Waals surface area contributed by atoms with Crippen LogP contribution in [0, 0.1) is 17.1 Å². The predicted octanol–water partition coefficient (Wildman–Crippen LogP) is 1.60. The highest BCUT2D eigenvalue weighted by Gasteiger charge is 2.61. The minimum atomic E-state index is -1.09.